The predicted molar refractivity (Wildman–Crippen MR) is 82.5 cm³/mol. The van der Waals surface area contributed by atoms with Gasteiger partial charge in [0.15, 0.2) is 0 Å². The molecule has 1 saturated heterocycles. The molecule has 4 heteroatoms. The van der Waals surface area contributed by atoms with Crippen LogP contribution in [0.2, 0.25) is 0 Å². The first-order valence-corrected chi connectivity index (χ1v) is 7.58. The normalized spacial score (nSPS) is 22.8. The van der Waals surface area contributed by atoms with E-state index in [1.807, 2.05) is 25.1 Å². The number of piperidine rings is 1. The van der Waals surface area contributed by atoms with Crippen LogP contribution in [0.15, 0.2) is 24.3 Å². The molecule has 1 aromatic rings. The molecule has 1 heterocycles. The maximum atomic E-state index is 12.5. The zero-order valence-electron chi connectivity index (χ0n) is 13.2. The van der Waals surface area contributed by atoms with Crippen molar-refractivity contribution in [2.75, 3.05) is 33.9 Å². The highest BCUT2D eigenvalue weighted by atomic mass is 16.5. The Balaban J connectivity index is 2.24. The van der Waals surface area contributed by atoms with Gasteiger partial charge in [-0.05, 0) is 57.5 Å². The first-order valence-electron chi connectivity index (χ1n) is 7.58. The molecule has 0 aromatic heterocycles. The number of rotatable bonds is 5. The molecule has 1 aliphatic rings. The predicted octanol–water partition coefficient (Wildman–Crippen LogP) is 2.51. The third kappa shape index (κ3) is 3.76. The average molecular weight is 291 g/mol. The van der Waals surface area contributed by atoms with Gasteiger partial charge in [0.2, 0.25) is 0 Å². The van der Waals surface area contributed by atoms with Crippen LogP contribution in [0.1, 0.15) is 25.3 Å². The molecule has 116 valence electrons. The molecule has 1 aromatic carbocycles. The number of esters is 1. The third-order valence-electron chi connectivity index (χ3n) is 4.15. The second-order valence-corrected chi connectivity index (χ2v) is 5.87. The summed E-state index contributed by atoms with van der Waals surface area (Å²) in [5, 5.41) is 0. The maximum Gasteiger partial charge on any atom is 0.313 e. The molecule has 1 aliphatic heterocycles. The van der Waals surface area contributed by atoms with E-state index in [4.69, 9.17) is 9.47 Å². The lowest BCUT2D eigenvalue weighted by Gasteiger charge is -2.39. The number of likely N-dealkylation sites (tertiary alicyclic amines) is 1. The van der Waals surface area contributed by atoms with E-state index in [1.165, 1.54) is 0 Å². The monoisotopic (exact) mass is 291 g/mol. The van der Waals surface area contributed by atoms with Gasteiger partial charge < -0.3 is 14.4 Å². The van der Waals surface area contributed by atoms with E-state index >= 15 is 0 Å². The van der Waals surface area contributed by atoms with Crippen molar-refractivity contribution in [2.24, 2.45) is 5.41 Å². The van der Waals surface area contributed by atoms with Gasteiger partial charge in [-0.3, -0.25) is 4.79 Å². The highest BCUT2D eigenvalue weighted by Gasteiger charge is 2.42. The summed E-state index contributed by atoms with van der Waals surface area (Å²) in [6.07, 6.45) is 2.61. The summed E-state index contributed by atoms with van der Waals surface area (Å²) in [6, 6.07) is 7.96. The molecule has 0 radical (unpaired) electrons. The first kappa shape index (κ1) is 15.8. The van der Waals surface area contributed by atoms with Crippen LogP contribution in [-0.4, -0.2) is 44.7 Å². The number of ether oxygens (including phenoxy) is 2. The van der Waals surface area contributed by atoms with E-state index in [9.17, 15) is 4.79 Å². The van der Waals surface area contributed by atoms with Crippen LogP contribution in [0.3, 0.4) is 0 Å². The molecule has 2 rings (SSSR count). The molecule has 0 spiro atoms. The van der Waals surface area contributed by atoms with E-state index in [1.54, 1.807) is 7.11 Å². The van der Waals surface area contributed by atoms with Gasteiger partial charge >= 0.3 is 5.97 Å². The molecule has 0 N–H and O–H groups in total. The molecule has 1 atom stereocenters. The van der Waals surface area contributed by atoms with E-state index < -0.39 is 5.41 Å². The van der Waals surface area contributed by atoms with Crippen molar-refractivity contribution in [3.63, 3.8) is 0 Å². The SMILES string of the molecule is CCOC(=O)[C@]1(Cc2cccc(OC)c2)CCCN(C)C1. The number of nitrogens with zero attached hydrogens (tertiary/aromatic N) is 1. The minimum absolute atomic E-state index is 0.0700. The zero-order valence-corrected chi connectivity index (χ0v) is 13.2. The number of carbonyl (C=O) groups excluding carboxylic acids is 1. The lowest BCUT2D eigenvalue weighted by molar-refractivity contribution is -0.158. The van der Waals surface area contributed by atoms with Crippen LogP contribution in [0.5, 0.6) is 5.75 Å². The molecular formula is C17H25NO3. The van der Waals surface area contributed by atoms with Crippen molar-refractivity contribution in [3.8, 4) is 5.75 Å². The second-order valence-electron chi connectivity index (χ2n) is 5.87. The second kappa shape index (κ2) is 6.94. The fourth-order valence-electron chi connectivity index (χ4n) is 3.20. The van der Waals surface area contributed by atoms with Crippen molar-refractivity contribution in [1.82, 2.24) is 4.90 Å². The highest BCUT2D eigenvalue weighted by molar-refractivity contribution is 5.77. The Bertz CT molecular complexity index is 489. The molecule has 1 fully saturated rings. The number of hydrogen-bond donors (Lipinski definition) is 0. The Morgan fingerprint density at radius 2 is 2.24 bits per heavy atom. The zero-order chi connectivity index (χ0) is 15.3. The lowest BCUT2D eigenvalue weighted by atomic mass is 9.75. The van der Waals surface area contributed by atoms with Gasteiger partial charge in [0.05, 0.1) is 19.1 Å². The molecule has 0 aliphatic carbocycles. The van der Waals surface area contributed by atoms with Gasteiger partial charge in [-0.2, -0.15) is 0 Å². The van der Waals surface area contributed by atoms with Crippen molar-refractivity contribution in [2.45, 2.75) is 26.2 Å². The van der Waals surface area contributed by atoms with Crippen molar-refractivity contribution in [3.05, 3.63) is 29.8 Å². The summed E-state index contributed by atoms with van der Waals surface area (Å²) >= 11 is 0. The first-order chi connectivity index (χ1) is 10.1. The smallest absolute Gasteiger partial charge is 0.313 e. The Labute approximate surface area is 127 Å². The molecule has 21 heavy (non-hydrogen) atoms. The quantitative estimate of drug-likeness (QED) is 0.781. The number of carbonyl (C=O) groups is 1. The van der Waals surface area contributed by atoms with E-state index in [0.29, 0.717) is 13.0 Å². The van der Waals surface area contributed by atoms with Crippen molar-refractivity contribution in [1.29, 1.82) is 0 Å². The van der Waals surface area contributed by atoms with Crippen LogP contribution in [0.4, 0.5) is 0 Å². The number of benzene rings is 1. The molecule has 0 bridgehead atoms. The summed E-state index contributed by atoms with van der Waals surface area (Å²) in [6.45, 7) is 4.09. The summed E-state index contributed by atoms with van der Waals surface area (Å²) in [7, 11) is 3.73. The Hall–Kier alpha value is -1.55. The molecule has 0 saturated carbocycles. The summed E-state index contributed by atoms with van der Waals surface area (Å²) in [4.78, 5) is 14.8. The standard InChI is InChI=1S/C17H25NO3/c1-4-21-16(19)17(9-6-10-18(2)13-17)12-14-7-5-8-15(11-14)20-3/h5,7-8,11H,4,6,9-10,12-13H2,1-3H3/t17-/m0/s1. The maximum absolute atomic E-state index is 12.5. The van der Waals surface area contributed by atoms with Gasteiger partial charge in [-0.1, -0.05) is 12.1 Å². The lowest BCUT2D eigenvalue weighted by Crippen LogP contribution is -2.48. The molecular weight excluding hydrogens is 266 g/mol. The summed E-state index contributed by atoms with van der Waals surface area (Å²) in [5.41, 5.74) is 0.688. The Kier molecular flexibility index (Phi) is 5.23. The van der Waals surface area contributed by atoms with Gasteiger partial charge in [-0.25, -0.2) is 0 Å². The average Bonchev–Trinajstić information content (AvgIpc) is 2.47. The Morgan fingerprint density at radius 1 is 1.43 bits per heavy atom. The van der Waals surface area contributed by atoms with Gasteiger partial charge in [-0.15, -0.1) is 0 Å². The summed E-state index contributed by atoms with van der Waals surface area (Å²) < 4.78 is 10.6. The van der Waals surface area contributed by atoms with Crippen LogP contribution in [-0.2, 0) is 16.0 Å². The van der Waals surface area contributed by atoms with Crippen molar-refractivity contribution < 1.29 is 14.3 Å². The van der Waals surface area contributed by atoms with Crippen LogP contribution < -0.4 is 4.74 Å². The third-order valence-corrected chi connectivity index (χ3v) is 4.15. The van der Waals surface area contributed by atoms with E-state index in [0.717, 1.165) is 37.2 Å². The molecule has 0 unspecified atom stereocenters. The number of methoxy groups -OCH3 is 1. The highest BCUT2D eigenvalue weighted by Crippen LogP contribution is 2.35. The van der Waals surface area contributed by atoms with Gasteiger partial charge in [0, 0.05) is 6.54 Å². The van der Waals surface area contributed by atoms with Gasteiger partial charge in [0.1, 0.15) is 5.75 Å². The molecule has 4 nitrogen and oxygen atoms in total. The van der Waals surface area contributed by atoms with Crippen LogP contribution >= 0.6 is 0 Å². The minimum atomic E-state index is -0.435. The molecule has 0 amide bonds. The van der Waals surface area contributed by atoms with E-state index in [-0.39, 0.29) is 5.97 Å². The van der Waals surface area contributed by atoms with E-state index in [2.05, 4.69) is 18.0 Å². The number of hydrogen-bond acceptors (Lipinski definition) is 4. The topological polar surface area (TPSA) is 38.8 Å². The van der Waals surface area contributed by atoms with Crippen LogP contribution in [0.25, 0.3) is 0 Å². The fourth-order valence-corrected chi connectivity index (χ4v) is 3.20. The van der Waals surface area contributed by atoms with Crippen molar-refractivity contribution >= 4 is 5.97 Å². The van der Waals surface area contributed by atoms with Crippen LogP contribution in [0, 0.1) is 5.41 Å². The summed E-state index contributed by atoms with van der Waals surface area (Å²) in [5.74, 6) is 0.759. The van der Waals surface area contributed by atoms with Gasteiger partial charge in [0.25, 0.3) is 0 Å². The largest absolute Gasteiger partial charge is 0.497 e. The Morgan fingerprint density at radius 3 is 2.90 bits per heavy atom. The minimum Gasteiger partial charge on any atom is -0.497 e. The fraction of sp³-hybridized carbons (Fsp3) is 0.588.